The van der Waals surface area contributed by atoms with Crippen molar-refractivity contribution in [3.05, 3.63) is 36.0 Å². The third-order valence-electron chi connectivity index (χ3n) is 2.07. The molecule has 6 nitrogen and oxygen atoms in total. The number of rotatable bonds is 5. The summed E-state index contributed by atoms with van der Waals surface area (Å²) in [7, 11) is 0. The largest absolute Gasteiger partial charge is 0.416 e. The van der Waals surface area contributed by atoms with Crippen molar-refractivity contribution in [2.75, 3.05) is 5.75 Å². The molecular formula is C11H12N4O2S. The lowest BCUT2D eigenvalue weighted by atomic mass is 10.3. The van der Waals surface area contributed by atoms with Crippen molar-refractivity contribution in [3.63, 3.8) is 0 Å². The number of nitrogens with one attached hydrogen (secondary N) is 1. The van der Waals surface area contributed by atoms with Gasteiger partial charge in [-0.15, -0.1) is 10.2 Å². The number of pyridine rings is 1. The van der Waals surface area contributed by atoms with E-state index in [1.165, 1.54) is 11.8 Å². The molecule has 0 aliphatic rings. The van der Waals surface area contributed by atoms with Gasteiger partial charge >= 0.3 is 0 Å². The number of carbonyl (C=O) groups is 1. The molecule has 0 saturated carbocycles. The van der Waals surface area contributed by atoms with Gasteiger partial charge in [-0.1, -0.05) is 11.8 Å². The molecule has 18 heavy (non-hydrogen) atoms. The zero-order valence-electron chi connectivity index (χ0n) is 9.79. The van der Waals surface area contributed by atoms with Crippen molar-refractivity contribution in [2.45, 2.75) is 18.7 Å². The van der Waals surface area contributed by atoms with Gasteiger partial charge in [-0.2, -0.15) is 0 Å². The van der Waals surface area contributed by atoms with Crippen molar-refractivity contribution < 1.29 is 9.21 Å². The van der Waals surface area contributed by atoms with Gasteiger partial charge in [0.25, 0.3) is 5.22 Å². The summed E-state index contributed by atoms with van der Waals surface area (Å²) >= 11 is 1.22. The maximum atomic E-state index is 11.6. The smallest absolute Gasteiger partial charge is 0.277 e. The number of hydrogen-bond acceptors (Lipinski definition) is 6. The maximum Gasteiger partial charge on any atom is 0.277 e. The highest BCUT2D eigenvalue weighted by Gasteiger charge is 2.07. The average molecular weight is 264 g/mol. The Hall–Kier alpha value is -1.89. The summed E-state index contributed by atoms with van der Waals surface area (Å²) in [4.78, 5) is 15.5. The zero-order valence-corrected chi connectivity index (χ0v) is 10.6. The lowest BCUT2D eigenvalue weighted by molar-refractivity contribution is -0.118. The Morgan fingerprint density at radius 2 is 2.17 bits per heavy atom. The molecule has 1 N–H and O–H groups in total. The molecule has 94 valence electrons. The van der Waals surface area contributed by atoms with Crippen molar-refractivity contribution in [1.29, 1.82) is 0 Å². The van der Waals surface area contributed by atoms with Crippen molar-refractivity contribution in [2.24, 2.45) is 0 Å². The van der Waals surface area contributed by atoms with Crippen LogP contribution >= 0.6 is 11.8 Å². The zero-order chi connectivity index (χ0) is 12.8. The quantitative estimate of drug-likeness (QED) is 0.817. The summed E-state index contributed by atoms with van der Waals surface area (Å²) in [6, 6.07) is 3.71. The Morgan fingerprint density at radius 1 is 1.39 bits per heavy atom. The van der Waals surface area contributed by atoms with Gasteiger partial charge in [0.05, 0.1) is 5.75 Å². The fraction of sp³-hybridized carbons (Fsp3) is 0.273. The van der Waals surface area contributed by atoms with E-state index in [2.05, 4.69) is 20.5 Å². The molecule has 0 aliphatic carbocycles. The second kappa shape index (κ2) is 6.15. The van der Waals surface area contributed by atoms with Crippen molar-refractivity contribution in [1.82, 2.24) is 20.5 Å². The van der Waals surface area contributed by atoms with Crippen molar-refractivity contribution in [3.8, 4) is 0 Å². The number of aryl methyl sites for hydroxylation is 1. The minimum Gasteiger partial charge on any atom is -0.416 e. The molecule has 0 unspecified atom stereocenters. The molecule has 0 saturated heterocycles. The summed E-state index contributed by atoms with van der Waals surface area (Å²) in [5.74, 6) is 0.676. The number of amides is 1. The molecule has 0 bridgehead atoms. The molecule has 0 radical (unpaired) electrons. The summed E-state index contributed by atoms with van der Waals surface area (Å²) in [5, 5.41) is 10.7. The molecule has 0 aromatic carbocycles. The molecule has 7 heteroatoms. The highest BCUT2D eigenvalue weighted by Crippen LogP contribution is 2.14. The lowest BCUT2D eigenvalue weighted by Gasteiger charge is -2.03. The molecule has 2 rings (SSSR count). The summed E-state index contributed by atoms with van der Waals surface area (Å²) < 4.78 is 5.15. The van der Waals surface area contributed by atoms with Crippen LogP contribution in [0.5, 0.6) is 0 Å². The number of thioether (sulfide) groups is 1. The first-order chi connectivity index (χ1) is 8.74. The molecule has 0 fully saturated rings. The van der Waals surface area contributed by atoms with E-state index in [0.717, 1.165) is 5.56 Å². The van der Waals surface area contributed by atoms with E-state index in [1.807, 2.05) is 12.1 Å². The van der Waals surface area contributed by atoms with Crippen LogP contribution < -0.4 is 5.32 Å². The van der Waals surface area contributed by atoms with Gasteiger partial charge in [0.2, 0.25) is 11.8 Å². The van der Waals surface area contributed by atoms with E-state index >= 15 is 0 Å². The SMILES string of the molecule is Cc1nnc(SCC(=O)NCc2ccncc2)o1. The van der Waals surface area contributed by atoms with E-state index in [4.69, 9.17) is 4.42 Å². The van der Waals surface area contributed by atoms with Crippen LogP contribution in [-0.4, -0.2) is 26.8 Å². The van der Waals surface area contributed by atoms with Gasteiger partial charge in [-0.3, -0.25) is 9.78 Å². The Bertz CT molecular complexity index is 515. The van der Waals surface area contributed by atoms with Crippen LogP contribution in [0.2, 0.25) is 0 Å². The molecule has 2 heterocycles. The topological polar surface area (TPSA) is 80.9 Å². The summed E-state index contributed by atoms with van der Waals surface area (Å²) in [5.41, 5.74) is 1.01. The molecule has 0 aliphatic heterocycles. The first-order valence-corrected chi connectivity index (χ1v) is 6.31. The number of hydrogen-bond donors (Lipinski definition) is 1. The highest BCUT2D eigenvalue weighted by molar-refractivity contribution is 7.99. The first kappa shape index (κ1) is 12.6. The van der Waals surface area contributed by atoms with Crippen LogP contribution in [0, 0.1) is 6.92 Å². The van der Waals surface area contributed by atoms with Gasteiger partial charge < -0.3 is 9.73 Å². The second-order valence-corrected chi connectivity index (χ2v) is 4.43. The molecule has 2 aromatic rings. The second-order valence-electron chi connectivity index (χ2n) is 3.51. The maximum absolute atomic E-state index is 11.6. The van der Waals surface area contributed by atoms with Gasteiger partial charge in [-0.05, 0) is 17.7 Å². The Balaban J connectivity index is 1.73. The number of nitrogens with zero attached hydrogens (tertiary/aromatic N) is 3. The Morgan fingerprint density at radius 3 is 2.83 bits per heavy atom. The number of carbonyl (C=O) groups excluding carboxylic acids is 1. The minimum atomic E-state index is -0.0762. The fourth-order valence-corrected chi connectivity index (χ4v) is 1.85. The monoisotopic (exact) mass is 264 g/mol. The Labute approximate surface area is 108 Å². The highest BCUT2D eigenvalue weighted by atomic mass is 32.2. The van der Waals surface area contributed by atoms with Crippen molar-refractivity contribution >= 4 is 17.7 Å². The Kier molecular flexibility index (Phi) is 4.30. The van der Waals surface area contributed by atoms with Crippen LogP contribution in [0.4, 0.5) is 0 Å². The van der Waals surface area contributed by atoms with E-state index in [1.54, 1.807) is 19.3 Å². The van der Waals surface area contributed by atoms with Gasteiger partial charge in [-0.25, -0.2) is 0 Å². The molecule has 0 spiro atoms. The third-order valence-corrected chi connectivity index (χ3v) is 2.89. The van der Waals surface area contributed by atoms with Crippen LogP contribution in [0.3, 0.4) is 0 Å². The van der Waals surface area contributed by atoms with E-state index < -0.39 is 0 Å². The van der Waals surface area contributed by atoms with Gasteiger partial charge in [0, 0.05) is 25.9 Å². The van der Waals surface area contributed by atoms with E-state index in [9.17, 15) is 4.79 Å². The normalized spacial score (nSPS) is 10.3. The third kappa shape index (κ3) is 3.85. The van der Waals surface area contributed by atoms with Gasteiger partial charge in [0.15, 0.2) is 0 Å². The molecule has 2 aromatic heterocycles. The van der Waals surface area contributed by atoms with Crippen LogP contribution in [0.15, 0.2) is 34.2 Å². The fourth-order valence-electron chi connectivity index (χ4n) is 1.22. The summed E-state index contributed by atoms with van der Waals surface area (Å²) in [6.07, 6.45) is 3.38. The standard InChI is InChI=1S/C11H12N4O2S/c1-8-14-15-11(17-8)18-7-10(16)13-6-9-2-4-12-5-3-9/h2-5H,6-7H2,1H3,(H,13,16). The summed E-state index contributed by atoms with van der Waals surface area (Å²) in [6.45, 7) is 2.20. The van der Waals surface area contributed by atoms with Crippen LogP contribution in [-0.2, 0) is 11.3 Å². The van der Waals surface area contributed by atoms with Gasteiger partial charge in [0.1, 0.15) is 0 Å². The minimum absolute atomic E-state index is 0.0762. The predicted octanol–water partition coefficient (Wildman–Crippen LogP) is 1.18. The van der Waals surface area contributed by atoms with E-state index in [0.29, 0.717) is 17.7 Å². The number of aromatic nitrogens is 3. The lowest BCUT2D eigenvalue weighted by Crippen LogP contribution is -2.24. The first-order valence-electron chi connectivity index (χ1n) is 5.32. The average Bonchev–Trinajstić information content (AvgIpc) is 2.81. The molecule has 1 amide bonds. The van der Waals surface area contributed by atoms with Crippen LogP contribution in [0.25, 0.3) is 0 Å². The van der Waals surface area contributed by atoms with E-state index in [-0.39, 0.29) is 11.7 Å². The predicted molar refractivity (Wildman–Crippen MR) is 65.8 cm³/mol. The molecule has 0 atom stereocenters. The van der Waals surface area contributed by atoms with Crippen LogP contribution in [0.1, 0.15) is 11.5 Å². The molecular weight excluding hydrogens is 252 g/mol.